The van der Waals surface area contributed by atoms with Crippen LogP contribution in [0.25, 0.3) is 0 Å². The molecular weight excluding hydrogens is 278 g/mol. The van der Waals surface area contributed by atoms with Crippen molar-refractivity contribution in [1.82, 2.24) is 0 Å². The Balaban J connectivity index is 1.95. The van der Waals surface area contributed by atoms with E-state index in [1.165, 1.54) is 19.6 Å². The first kappa shape index (κ1) is 18.9. The van der Waals surface area contributed by atoms with Crippen LogP contribution in [0.5, 0.6) is 5.75 Å². The zero-order valence-corrected chi connectivity index (χ0v) is 14.3. The lowest BCUT2D eigenvalue weighted by Crippen LogP contribution is -2.49. The molecule has 0 atom stereocenters. The molecule has 4 heteroatoms. The minimum Gasteiger partial charge on any atom is -0.491 e. The van der Waals surface area contributed by atoms with Crippen LogP contribution in [0, 0.1) is 6.07 Å². The Hall–Kier alpha value is -1.10. The molecule has 0 amide bonds. The Kier molecular flexibility index (Phi) is 9.87. The van der Waals surface area contributed by atoms with Gasteiger partial charge in [-0.2, -0.15) is 0 Å². The van der Waals surface area contributed by atoms with Gasteiger partial charge in [-0.15, -0.1) is 0 Å². The summed E-state index contributed by atoms with van der Waals surface area (Å²) < 4.78 is 17.8. The maximum atomic E-state index is 5.67. The number of likely N-dealkylation sites (N-methyl/N-ethyl adjacent to an activating group) is 1. The van der Waals surface area contributed by atoms with E-state index in [4.69, 9.17) is 14.2 Å². The summed E-state index contributed by atoms with van der Waals surface area (Å²) in [5.41, 5.74) is 0. The SMILES string of the molecule is CC[N+](CC)(CC)CCOCCOCCOc1cc[c]cc1. The van der Waals surface area contributed by atoms with Crippen LogP contribution in [0.2, 0.25) is 0 Å². The van der Waals surface area contributed by atoms with Crippen LogP contribution in [0.1, 0.15) is 20.8 Å². The molecule has 0 aliphatic carbocycles. The molecule has 0 N–H and O–H groups in total. The Morgan fingerprint density at radius 2 is 1.36 bits per heavy atom. The number of benzene rings is 1. The second kappa shape index (κ2) is 11.5. The molecule has 1 radical (unpaired) electrons. The van der Waals surface area contributed by atoms with Gasteiger partial charge in [-0.3, -0.25) is 0 Å². The third-order valence-electron chi connectivity index (χ3n) is 4.28. The van der Waals surface area contributed by atoms with E-state index in [9.17, 15) is 0 Å². The van der Waals surface area contributed by atoms with Crippen LogP contribution in [-0.2, 0) is 9.47 Å². The van der Waals surface area contributed by atoms with Crippen molar-refractivity contribution in [2.75, 3.05) is 59.2 Å². The number of hydrogen-bond acceptors (Lipinski definition) is 3. The Bertz CT molecular complexity index is 358. The van der Waals surface area contributed by atoms with E-state index in [1.54, 1.807) is 0 Å². The predicted molar refractivity (Wildman–Crippen MR) is 89.2 cm³/mol. The lowest BCUT2D eigenvalue weighted by Gasteiger charge is -2.35. The van der Waals surface area contributed by atoms with Crippen LogP contribution < -0.4 is 4.74 Å². The molecule has 4 nitrogen and oxygen atoms in total. The summed E-state index contributed by atoms with van der Waals surface area (Å²) >= 11 is 0. The molecule has 0 unspecified atom stereocenters. The zero-order chi connectivity index (χ0) is 16.1. The van der Waals surface area contributed by atoms with E-state index in [2.05, 4.69) is 26.8 Å². The van der Waals surface area contributed by atoms with Gasteiger partial charge in [0.15, 0.2) is 0 Å². The number of hydrogen-bond donors (Lipinski definition) is 0. The molecule has 125 valence electrons. The summed E-state index contributed by atoms with van der Waals surface area (Å²) in [6.45, 7) is 14.6. The number of quaternary nitrogens is 1. The van der Waals surface area contributed by atoms with Gasteiger partial charge in [0.1, 0.15) is 18.9 Å². The van der Waals surface area contributed by atoms with Crippen molar-refractivity contribution in [3.63, 3.8) is 0 Å². The average molecular weight is 309 g/mol. The van der Waals surface area contributed by atoms with Gasteiger partial charge in [-0.1, -0.05) is 12.1 Å². The highest BCUT2D eigenvalue weighted by atomic mass is 16.5. The first-order valence-corrected chi connectivity index (χ1v) is 8.36. The predicted octanol–water partition coefficient (Wildman–Crippen LogP) is 2.78. The molecule has 1 aromatic rings. The highest BCUT2D eigenvalue weighted by Crippen LogP contribution is 2.07. The lowest BCUT2D eigenvalue weighted by atomic mass is 10.3. The van der Waals surface area contributed by atoms with Gasteiger partial charge < -0.3 is 18.7 Å². The molecule has 0 fully saturated rings. The van der Waals surface area contributed by atoms with E-state index < -0.39 is 0 Å². The van der Waals surface area contributed by atoms with Crippen LogP contribution in [0.4, 0.5) is 0 Å². The molecule has 0 aromatic heterocycles. The van der Waals surface area contributed by atoms with E-state index in [1.807, 2.05) is 24.3 Å². The van der Waals surface area contributed by atoms with Crippen molar-refractivity contribution in [1.29, 1.82) is 0 Å². The van der Waals surface area contributed by atoms with Crippen molar-refractivity contribution in [2.24, 2.45) is 0 Å². The van der Waals surface area contributed by atoms with Gasteiger partial charge in [0, 0.05) is 0 Å². The molecule has 0 bridgehead atoms. The summed E-state index contributed by atoms with van der Waals surface area (Å²) in [5, 5.41) is 0. The van der Waals surface area contributed by atoms with Crippen molar-refractivity contribution in [3.8, 4) is 5.75 Å². The Morgan fingerprint density at radius 3 is 1.95 bits per heavy atom. The van der Waals surface area contributed by atoms with Gasteiger partial charge >= 0.3 is 0 Å². The molecule has 1 aromatic carbocycles. The molecule has 0 aliphatic rings. The normalized spacial score (nSPS) is 11.6. The summed E-state index contributed by atoms with van der Waals surface area (Å²) in [6, 6.07) is 10.4. The lowest BCUT2D eigenvalue weighted by molar-refractivity contribution is -0.923. The van der Waals surface area contributed by atoms with Crippen molar-refractivity contribution >= 4 is 0 Å². The number of ether oxygens (including phenoxy) is 3. The average Bonchev–Trinajstić information content (AvgIpc) is 2.58. The smallest absolute Gasteiger partial charge is 0.119 e. The summed E-state index contributed by atoms with van der Waals surface area (Å²) in [6.07, 6.45) is 0. The highest BCUT2D eigenvalue weighted by molar-refractivity contribution is 5.20. The fourth-order valence-electron chi connectivity index (χ4n) is 2.41. The molecule has 1 rings (SSSR count). The van der Waals surface area contributed by atoms with Crippen LogP contribution in [0.15, 0.2) is 24.3 Å². The molecule has 0 heterocycles. The molecule has 0 spiro atoms. The largest absolute Gasteiger partial charge is 0.491 e. The van der Waals surface area contributed by atoms with E-state index >= 15 is 0 Å². The quantitative estimate of drug-likeness (QED) is 0.414. The van der Waals surface area contributed by atoms with Gasteiger partial charge in [-0.05, 0) is 39.0 Å². The van der Waals surface area contributed by atoms with Crippen molar-refractivity contribution < 1.29 is 18.7 Å². The van der Waals surface area contributed by atoms with Crippen LogP contribution in [-0.4, -0.2) is 63.7 Å². The third-order valence-corrected chi connectivity index (χ3v) is 4.28. The third kappa shape index (κ3) is 7.25. The standard InChI is InChI=1S/C18H31NO3/c1-4-19(5-2,6-3)12-13-20-14-15-21-16-17-22-18-10-8-7-9-11-18/h8-11H,4-6,12-17H2,1-3H3/q+1. The second-order valence-electron chi connectivity index (χ2n) is 5.32. The second-order valence-corrected chi connectivity index (χ2v) is 5.32. The van der Waals surface area contributed by atoms with Crippen LogP contribution >= 0.6 is 0 Å². The van der Waals surface area contributed by atoms with Gasteiger partial charge in [0.05, 0.1) is 46.1 Å². The maximum absolute atomic E-state index is 5.67. The number of nitrogens with zero attached hydrogens (tertiary/aromatic N) is 1. The van der Waals surface area contributed by atoms with Crippen molar-refractivity contribution in [3.05, 3.63) is 30.3 Å². The summed E-state index contributed by atoms with van der Waals surface area (Å²) in [4.78, 5) is 0. The summed E-state index contributed by atoms with van der Waals surface area (Å²) in [7, 11) is 0. The highest BCUT2D eigenvalue weighted by Gasteiger charge is 2.19. The molecule has 22 heavy (non-hydrogen) atoms. The van der Waals surface area contributed by atoms with Gasteiger partial charge in [0.25, 0.3) is 0 Å². The number of rotatable bonds is 13. The molecule has 0 saturated heterocycles. The topological polar surface area (TPSA) is 27.7 Å². The van der Waals surface area contributed by atoms with Gasteiger partial charge in [0.2, 0.25) is 0 Å². The fourth-order valence-corrected chi connectivity index (χ4v) is 2.41. The first-order chi connectivity index (χ1) is 10.8. The van der Waals surface area contributed by atoms with Crippen LogP contribution in [0.3, 0.4) is 0 Å². The maximum Gasteiger partial charge on any atom is 0.119 e. The molecule has 0 saturated carbocycles. The van der Waals surface area contributed by atoms with E-state index in [0.717, 1.165) is 23.4 Å². The zero-order valence-electron chi connectivity index (χ0n) is 14.3. The Morgan fingerprint density at radius 1 is 0.818 bits per heavy atom. The molecule has 0 aliphatic heterocycles. The molecular formula is C18H31NO3+. The fraction of sp³-hybridized carbons (Fsp3) is 0.667. The monoisotopic (exact) mass is 309 g/mol. The van der Waals surface area contributed by atoms with Gasteiger partial charge in [-0.25, -0.2) is 0 Å². The first-order valence-electron chi connectivity index (χ1n) is 8.36. The van der Waals surface area contributed by atoms with E-state index in [-0.39, 0.29) is 0 Å². The summed E-state index contributed by atoms with van der Waals surface area (Å²) in [5.74, 6) is 0.853. The van der Waals surface area contributed by atoms with Crippen molar-refractivity contribution in [2.45, 2.75) is 20.8 Å². The minimum atomic E-state index is 0.561. The van der Waals surface area contributed by atoms with E-state index in [0.29, 0.717) is 26.4 Å². The Labute approximate surface area is 135 Å². The minimum absolute atomic E-state index is 0.561.